The minimum atomic E-state index is 1.18. The summed E-state index contributed by atoms with van der Waals surface area (Å²) in [6.07, 6.45) is 0. The number of fused-ring (bicyclic) bond motifs is 2. The minimum absolute atomic E-state index is 1.18. The first-order chi connectivity index (χ1) is 27.8. The van der Waals surface area contributed by atoms with Gasteiger partial charge in [0.05, 0.1) is 0 Å². The Balaban J connectivity index is 1.28. The molecule has 0 nitrogen and oxygen atoms in total. The highest BCUT2D eigenvalue weighted by atomic mass is 14.2. The maximum atomic E-state index is 2.44. The highest BCUT2D eigenvalue weighted by Crippen LogP contribution is 2.47. The highest BCUT2D eigenvalue weighted by Gasteiger charge is 2.20. The number of hydrogen-bond donors (Lipinski definition) is 0. The van der Waals surface area contributed by atoms with Gasteiger partial charge in [-0.05, 0) is 130 Å². The van der Waals surface area contributed by atoms with Crippen LogP contribution in [0.2, 0.25) is 0 Å². The molecule has 0 heterocycles. The lowest BCUT2D eigenvalue weighted by atomic mass is 9.82. The molecule has 0 saturated carbocycles. The van der Waals surface area contributed by atoms with Crippen LogP contribution in [0.5, 0.6) is 0 Å². The first kappa shape index (κ1) is 33.3. The molecule has 0 spiro atoms. The van der Waals surface area contributed by atoms with Crippen molar-refractivity contribution in [1.82, 2.24) is 0 Å². The molecule has 0 aliphatic heterocycles. The molecule has 0 N–H and O–H groups in total. The summed E-state index contributed by atoms with van der Waals surface area (Å²) < 4.78 is 0. The summed E-state index contributed by atoms with van der Waals surface area (Å²) in [6.45, 7) is 0. The third-order valence-electron chi connectivity index (χ3n) is 11.0. The Kier molecular flexibility index (Phi) is 8.63. The van der Waals surface area contributed by atoms with Crippen LogP contribution in [0.4, 0.5) is 0 Å². The SMILES string of the molecule is c1ccc(-c2cc(-c3ccccc3)cc(-c3ccc(-c4cccc(-c5ccccc5)c4)c(-c4c5ccccc5c(-c5ccccc5)c5ccccc45)c3)c2)cc1. The summed E-state index contributed by atoms with van der Waals surface area (Å²) >= 11 is 0. The molecule has 0 aliphatic carbocycles. The van der Waals surface area contributed by atoms with Crippen LogP contribution >= 0.6 is 0 Å². The number of rotatable bonds is 7. The second-order valence-electron chi connectivity index (χ2n) is 14.4. The van der Waals surface area contributed by atoms with Gasteiger partial charge in [-0.3, -0.25) is 0 Å². The third-order valence-corrected chi connectivity index (χ3v) is 11.0. The average Bonchev–Trinajstić information content (AvgIpc) is 3.29. The normalized spacial score (nSPS) is 11.2. The molecule has 0 heteroatoms. The number of hydrogen-bond acceptors (Lipinski definition) is 0. The monoisotopic (exact) mass is 710 g/mol. The van der Waals surface area contributed by atoms with Gasteiger partial charge in [-0.15, -0.1) is 0 Å². The van der Waals surface area contributed by atoms with Crippen LogP contribution in [0, 0.1) is 0 Å². The molecular weight excluding hydrogens is 673 g/mol. The first-order valence-electron chi connectivity index (χ1n) is 19.3. The predicted octanol–water partition coefficient (Wildman–Crippen LogP) is 15.7. The number of benzene rings is 10. The molecule has 10 rings (SSSR count). The minimum Gasteiger partial charge on any atom is -0.0622 e. The van der Waals surface area contributed by atoms with Gasteiger partial charge in [0.2, 0.25) is 0 Å². The van der Waals surface area contributed by atoms with Gasteiger partial charge in [0.1, 0.15) is 0 Å². The zero-order chi connectivity index (χ0) is 37.3. The van der Waals surface area contributed by atoms with Gasteiger partial charge in [-0.2, -0.15) is 0 Å². The Morgan fingerprint density at radius 3 is 1.00 bits per heavy atom. The largest absolute Gasteiger partial charge is 0.0622 e. The lowest BCUT2D eigenvalue weighted by Crippen LogP contribution is -1.94. The van der Waals surface area contributed by atoms with E-state index in [9.17, 15) is 0 Å². The molecule has 0 amide bonds. The molecule has 0 atom stereocenters. The van der Waals surface area contributed by atoms with Gasteiger partial charge >= 0.3 is 0 Å². The Hall–Kier alpha value is -7.28. The summed E-state index contributed by atoms with van der Waals surface area (Å²) in [5, 5.41) is 4.98. The van der Waals surface area contributed by atoms with E-state index in [2.05, 4.69) is 231 Å². The van der Waals surface area contributed by atoms with Crippen LogP contribution in [0.3, 0.4) is 0 Å². The molecule has 0 fully saturated rings. The van der Waals surface area contributed by atoms with E-state index in [4.69, 9.17) is 0 Å². The fraction of sp³-hybridized carbons (Fsp3) is 0. The third kappa shape index (κ3) is 6.18. The molecule has 10 aromatic carbocycles. The summed E-state index contributed by atoms with van der Waals surface area (Å²) in [4.78, 5) is 0. The van der Waals surface area contributed by atoms with E-state index in [0.29, 0.717) is 0 Å². The lowest BCUT2D eigenvalue weighted by Gasteiger charge is -2.21. The molecule has 0 radical (unpaired) electrons. The molecule has 0 bridgehead atoms. The first-order valence-corrected chi connectivity index (χ1v) is 19.3. The van der Waals surface area contributed by atoms with Crippen LogP contribution in [0.1, 0.15) is 0 Å². The molecule has 262 valence electrons. The Labute approximate surface area is 328 Å². The zero-order valence-electron chi connectivity index (χ0n) is 30.9. The zero-order valence-corrected chi connectivity index (χ0v) is 30.9. The van der Waals surface area contributed by atoms with Gasteiger partial charge in [0.15, 0.2) is 0 Å². The van der Waals surface area contributed by atoms with Gasteiger partial charge in [-0.25, -0.2) is 0 Å². The summed E-state index contributed by atoms with van der Waals surface area (Å²) in [6, 6.07) is 84.1. The van der Waals surface area contributed by atoms with Crippen molar-refractivity contribution in [2.24, 2.45) is 0 Å². The second-order valence-corrected chi connectivity index (χ2v) is 14.4. The van der Waals surface area contributed by atoms with E-state index in [-0.39, 0.29) is 0 Å². The quantitative estimate of drug-likeness (QED) is 0.144. The Morgan fingerprint density at radius 1 is 0.161 bits per heavy atom. The van der Waals surface area contributed by atoms with Crippen LogP contribution in [-0.2, 0) is 0 Å². The second kappa shape index (κ2) is 14.5. The molecule has 0 aromatic heterocycles. The topological polar surface area (TPSA) is 0 Å². The van der Waals surface area contributed by atoms with Crippen LogP contribution in [0.25, 0.3) is 99.4 Å². The van der Waals surface area contributed by atoms with Crippen molar-refractivity contribution in [3.8, 4) is 77.9 Å². The fourth-order valence-electron chi connectivity index (χ4n) is 8.40. The van der Waals surface area contributed by atoms with Crippen molar-refractivity contribution in [2.45, 2.75) is 0 Å². The highest BCUT2D eigenvalue weighted by molar-refractivity contribution is 6.22. The average molecular weight is 711 g/mol. The van der Waals surface area contributed by atoms with Crippen molar-refractivity contribution in [3.05, 3.63) is 231 Å². The van der Waals surface area contributed by atoms with Crippen LogP contribution < -0.4 is 0 Å². The molecular formula is C56H38. The van der Waals surface area contributed by atoms with Crippen LogP contribution in [0.15, 0.2) is 231 Å². The maximum Gasteiger partial charge on any atom is -0.00199 e. The van der Waals surface area contributed by atoms with Gasteiger partial charge in [-0.1, -0.05) is 200 Å². The van der Waals surface area contributed by atoms with Crippen molar-refractivity contribution in [1.29, 1.82) is 0 Å². The fourth-order valence-corrected chi connectivity index (χ4v) is 8.40. The van der Waals surface area contributed by atoms with E-state index < -0.39 is 0 Å². The van der Waals surface area contributed by atoms with E-state index in [0.717, 1.165) is 0 Å². The summed E-state index contributed by atoms with van der Waals surface area (Å²) in [7, 11) is 0. The summed E-state index contributed by atoms with van der Waals surface area (Å²) in [5.74, 6) is 0. The predicted molar refractivity (Wildman–Crippen MR) is 240 cm³/mol. The smallest absolute Gasteiger partial charge is 0.00199 e. The lowest BCUT2D eigenvalue weighted by molar-refractivity contribution is 1.55. The molecule has 0 aliphatic rings. The van der Waals surface area contributed by atoms with Crippen molar-refractivity contribution in [3.63, 3.8) is 0 Å². The van der Waals surface area contributed by atoms with Crippen molar-refractivity contribution in [2.75, 3.05) is 0 Å². The molecule has 10 aromatic rings. The van der Waals surface area contributed by atoms with Crippen LogP contribution in [-0.4, -0.2) is 0 Å². The molecule has 56 heavy (non-hydrogen) atoms. The maximum absolute atomic E-state index is 2.44. The summed E-state index contributed by atoms with van der Waals surface area (Å²) in [5.41, 5.74) is 16.9. The van der Waals surface area contributed by atoms with Crippen molar-refractivity contribution < 1.29 is 0 Å². The van der Waals surface area contributed by atoms with E-state index >= 15 is 0 Å². The van der Waals surface area contributed by atoms with E-state index in [1.54, 1.807) is 0 Å². The van der Waals surface area contributed by atoms with Gasteiger partial charge in [0.25, 0.3) is 0 Å². The van der Waals surface area contributed by atoms with Crippen molar-refractivity contribution >= 4 is 21.5 Å². The molecule has 0 unspecified atom stereocenters. The van der Waals surface area contributed by atoms with E-state index in [1.807, 2.05) is 0 Å². The Bertz CT molecular complexity index is 2860. The van der Waals surface area contributed by atoms with Gasteiger partial charge in [0, 0.05) is 0 Å². The molecule has 0 saturated heterocycles. The Morgan fingerprint density at radius 2 is 0.500 bits per heavy atom. The standard InChI is InChI=1S/C56H38/c1-5-18-39(19-6-1)43-26-17-27-45(34-43)49-33-32-44(48-36-46(40-20-7-2-8-21-40)35-47(37-48)41-22-9-3-10-23-41)38-54(49)56-52-30-15-13-28-50(52)55(42-24-11-4-12-25-42)51-29-14-16-31-53(51)56/h1-38H. The van der Waals surface area contributed by atoms with Gasteiger partial charge < -0.3 is 0 Å². The van der Waals surface area contributed by atoms with E-state index in [1.165, 1.54) is 99.4 Å².